The fraction of sp³-hybridized carbons (Fsp3) is 0.562. The number of nitriles is 1. The van der Waals surface area contributed by atoms with E-state index in [1.165, 1.54) is 19.5 Å². The Morgan fingerprint density at radius 2 is 2.21 bits per heavy atom. The molecule has 1 aromatic carbocycles. The molecule has 2 atom stereocenters. The first-order valence-corrected chi connectivity index (χ1v) is 7.21. The Labute approximate surface area is 116 Å². The van der Waals surface area contributed by atoms with Crippen molar-refractivity contribution in [2.45, 2.75) is 19.3 Å². The highest BCUT2D eigenvalue weighted by atomic mass is 15.1. The molecule has 1 fully saturated rings. The van der Waals surface area contributed by atoms with Gasteiger partial charge < -0.3 is 10.2 Å². The van der Waals surface area contributed by atoms with Gasteiger partial charge in [-0.1, -0.05) is 37.3 Å². The minimum Gasteiger partial charge on any atom is -0.315 e. The van der Waals surface area contributed by atoms with Crippen LogP contribution in [-0.4, -0.2) is 37.6 Å². The normalized spacial score (nSPS) is 21.2. The minimum atomic E-state index is -0.0371. The van der Waals surface area contributed by atoms with E-state index in [0.29, 0.717) is 0 Å². The number of nitrogens with one attached hydrogen (secondary N) is 1. The maximum Gasteiger partial charge on any atom is 0.0837 e. The lowest BCUT2D eigenvalue weighted by molar-refractivity contribution is 0.339. The first kappa shape index (κ1) is 14.0. The maximum atomic E-state index is 9.25. The average molecular weight is 257 g/mol. The highest BCUT2D eigenvalue weighted by Gasteiger charge is 2.21. The molecule has 3 nitrogen and oxygen atoms in total. The van der Waals surface area contributed by atoms with Gasteiger partial charge in [0.25, 0.3) is 0 Å². The van der Waals surface area contributed by atoms with Gasteiger partial charge in [-0.2, -0.15) is 5.26 Å². The SMILES string of the molecule is CCN1CCC(CNCC(C#N)c2ccccc2)C1. The Kier molecular flexibility index (Phi) is 5.38. The molecule has 0 aliphatic carbocycles. The first-order chi connectivity index (χ1) is 9.33. The number of hydrogen-bond donors (Lipinski definition) is 1. The molecule has 19 heavy (non-hydrogen) atoms. The molecule has 1 aliphatic heterocycles. The van der Waals surface area contributed by atoms with Crippen molar-refractivity contribution in [3.8, 4) is 6.07 Å². The number of nitrogens with zero attached hydrogens (tertiary/aromatic N) is 2. The van der Waals surface area contributed by atoms with Gasteiger partial charge in [0.2, 0.25) is 0 Å². The average Bonchev–Trinajstić information content (AvgIpc) is 2.92. The molecule has 1 aliphatic rings. The quantitative estimate of drug-likeness (QED) is 0.849. The van der Waals surface area contributed by atoms with Crippen LogP contribution in [0, 0.1) is 17.2 Å². The second-order valence-electron chi connectivity index (χ2n) is 5.30. The molecule has 0 saturated carbocycles. The molecule has 0 aromatic heterocycles. The first-order valence-electron chi connectivity index (χ1n) is 7.21. The van der Waals surface area contributed by atoms with Crippen molar-refractivity contribution in [3.05, 3.63) is 35.9 Å². The standard InChI is InChI=1S/C16H23N3/c1-2-19-9-8-14(13-19)11-18-12-16(10-17)15-6-4-3-5-7-15/h3-7,14,16,18H,2,8-9,11-13H2,1H3. The van der Waals surface area contributed by atoms with Crippen molar-refractivity contribution in [2.75, 3.05) is 32.7 Å². The van der Waals surface area contributed by atoms with E-state index in [2.05, 4.69) is 23.2 Å². The molecule has 0 bridgehead atoms. The van der Waals surface area contributed by atoms with Gasteiger partial charge in [-0.25, -0.2) is 0 Å². The summed E-state index contributed by atoms with van der Waals surface area (Å²) < 4.78 is 0. The van der Waals surface area contributed by atoms with E-state index in [1.807, 2.05) is 30.3 Å². The third-order valence-electron chi connectivity index (χ3n) is 3.96. The van der Waals surface area contributed by atoms with E-state index < -0.39 is 0 Å². The van der Waals surface area contributed by atoms with E-state index in [-0.39, 0.29) is 5.92 Å². The van der Waals surface area contributed by atoms with E-state index in [0.717, 1.165) is 31.1 Å². The summed E-state index contributed by atoms with van der Waals surface area (Å²) in [5, 5.41) is 12.7. The molecule has 0 spiro atoms. The van der Waals surface area contributed by atoms with Gasteiger partial charge in [-0.3, -0.25) is 0 Å². The van der Waals surface area contributed by atoms with Gasteiger partial charge in [-0.15, -0.1) is 0 Å². The second kappa shape index (κ2) is 7.28. The zero-order chi connectivity index (χ0) is 13.5. The lowest BCUT2D eigenvalue weighted by atomic mass is 10.0. The lowest BCUT2D eigenvalue weighted by Gasteiger charge is -2.15. The van der Waals surface area contributed by atoms with Crippen molar-refractivity contribution in [1.82, 2.24) is 10.2 Å². The van der Waals surface area contributed by atoms with Crippen LogP contribution in [0.4, 0.5) is 0 Å². The summed E-state index contributed by atoms with van der Waals surface area (Å²) in [6, 6.07) is 12.4. The highest BCUT2D eigenvalue weighted by molar-refractivity contribution is 5.24. The molecule has 102 valence electrons. The van der Waals surface area contributed by atoms with Gasteiger partial charge in [0, 0.05) is 13.1 Å². The zero-order valence-electron chi connectivity index (χ0n) is 11.7. The van der Waals surface area contributed by atoms with Gasteiger partial charge in [0.05, 0.1) is 12.0 Å². The van der Waals surface area contributed by atoms with Crippen molar-refractivity contribution < 1.29 is 0 Å². The monoisotopic (exact) mass is 257 g/mol. The number of rotatable bonds is 6. The molecule has 1 aromatic rings. The fourth-order valence-electron chi connectivity index (χ4n) is 2.72. The third kappa shape index (κ3) is 4.05. The lowest BCUT2D eigenvalue weighted by Crippen LogP contribution is -2.29. The van der Waals surface area contributed by atoms with Crippen molar-refractivity contribution in [1.29, 1.82) is 5.26 Å². The molecule has 0 radical (unpaired) electrons. The summed E-state index contributed by atoms with van der Waals surface area (Å²) >= 11 is 0. The maximum absolute atomic E-state index is 9.25. The summed E-state index contributed by atoms with van der Waals surface area (Å²) in [4.78, 5) is 2.49. The molecule has 1 heterocycles. The van der Waals surface area contributed by atoms with Crippen molar-refractivity contribution in [2.24, 2.45) is 5.92 Å². The molecule has 2 rings (SSSR count). The summed E-state index contributed by atoms with van der Waals surface area (Å²) in [7, 11) is 0. The van der Waals surface area contributed by atoms with E-state index in [1.54, 1.807) is 0 Å². The Bertz CT molecular complexity index is 410. The fourth-order valence-corrected chi connectivity index (χ4v) is 2.72. The van der Waals surface area contributed by atoms with Crippen LogP contribution in [0.1, 0.15) is 24.8 Å². The zero-order valence-corrected chi connectivity index (χ0v) is 11.7. The topological polar surface area (TPSA) is 39.1 Å². The van der Waals surface area contributed by atoms with Gasteiger partial charge in [0.15, 0.2) is 0 Å². The largest absolute Gasteiger partial charge is 0.315 e. The van der Waals surface area contributed by atoms with Crippen LogP contribution in [0.25, 0.3) is 0 Å². The van der Waals surface area contributed by atoms with Crippen LogP contribution in [0.2, 0.25) is 0 Å². The van der Waals surface area contributed by atoms with E-state index in [4.69, 9.17) is 0 Å². The smallest absolute Gasteiger partial charge is 0.0837 e. The van der Waals surface area contributed by atoms with E-state index >= 15 is 0 Å². The number of hydrogen-bond acceptors (Lipinski definition) is 3. The number of likely N-dealkylation sites (tertiary alicyclic amines) is 1. The van der Waals surface area contributed by atoms with Crippen LogP contribution < -0.4 is 5.32 Å². The van der Waals surface area contributed by atoms with Crippen molar-refractivity contribution in [3.63, 3.8) is 0 Å². The van der Waals surface area contributed by atoms with Crippen molar-refractivity contribution >= 4 is 0 Å². The molecule has 1 saturated heterocycles. The Morgan fingerprint density at radius 1 is 1.42 bits per heavy atom. The van der Waals surface area contributed by atoms with Crippen LogP contribution in [-0.2, 0) is 0 Å². The summed E-state index contributed by atoms with van der Waals surface area (Å²) in [6.45, 7) is 7.58. The Balaban J connectivity index is 1.74. The summed E-state index contributed by atoms with van der Waals surface area (Å²) in [5.74, 6) is 0.708. The van der Waals surface area contributed by atoms with E-state index in [9.17, 15) is 5.26 Å². The third-order valence-corrected chi connectivity index (χ3v) is 3.96. The summed E-state index contributed by atoms with van der Waals surface area (Å²) in [6.07, 6.45) is 1.28. The molecule has 3 heteroatoms. The van der Waals surface area contributed by atoms with Gasteiger partial charge in [-0.05, 0) is 37.5 Å². The second-order valence-corrected chi connectivity index (χ2v) is 5.30. The Morgan fingerprint density at radius 3 is 2.84 bits per heavy atom. The van der Waals surface area contributed by atoms with Gasteiger partial charge >= 0.3 is 0 Å². The van der Waals surface area contributed by atoms with Crippen LogP contribution >= 0.6 is 0 Å². The molecular formula is C16H23N3. The van der Waals surface area contributed by atoms with Crippen LogP contribution in [0.3, 0.4) is 0 Å². The molecular weight excluding hydrogens is 234 g/mol. The molecule has 1 N–H and O–H groups in total. The van der Waals surface area contributed by atoms with Gasteiger partial charge in [0.1, 0.15) is 0 Å². The minimum absolute atomic E-state index is 0.0371. The predicted octanol–water partition coefficient (Wildman–Crippen LogP) is 2.23. The number of benzene rings is 1. The van der Waals surface area contributed by atoms with Crippen LogP contribution in [0.15, 0.2) is 30.3 Å². The summed E-state index contributed by atoms with van der Waals surface area (Å²) in [5.41, 5.74) is 1.11. The molecule has 2 unspecified atom stereocenters. The predicted molar refractivity (Wildman–Crippen MR) is 77.9 cm³/mol. The van der Waals surface area contributed by atoms with Crippen LogP contribution in [0.5, 0.6) is 0 Å². The molecule has 0 amide bonds. The Hall–Kier alpha value is -1.37. The highest BCUT2D eigenvalue weighted by Crippen LogP contribution is 2.16.